The molecule has 0 aromatic heterocycles. The lowest BCUT2D eigenvalue weighted by atomic mass is 9.86. The molecule has 2 aliphatic heterocycles. The van der Waals surface area contributed by atoms with E-state index in [0.717, 1.165) is 49.3 Å². The first-order valence-corrected chi connectivity index (χ1v) is 12.5. The number of hydrogen-bond acceptors (Lipinski definition) is 6. The van der Waals surface area contributed by atoms with Crippen LogP contribution in [0.4, 0.5) is 11.4 Å². The van der Waals surface area contributed by atoms with Crippen molar-refractivity contribution in [2.45, 2.75) is 44.4 Å². The maximum absolute atomic E-state index is 13.0. The van der Waals surface area contributed by atoms with Gasteiger partial charge in [0, 0.05) is 26.2 Å². The highest BCUT2D eigenvalue weighted by molar-refractivity contribution is 5.91. The molecule has 35 heavy (non-hydrogen) atoms. The molecule has 2 amide bonds. The molecule has 2 aliphatic rings. The van der Waals surface area contributed by atoms with E-state index in [4.69, 9.17) is 5.73 Å². The van der Waals surface area contributed by atoms with Crippen molar-refractivity contribution >= 4 is 23.2 Å². The number of rotatable bonds is 7. The van der Waals surface area contributed by atoms with Gasteiger partial charge in [0.2, 0.25) is 0 Å². The maximum Gasteiger partial charge on any atom is 0.255 e. The van der Waals surface area contributed by atoms with Crippen molar-refractivity contribution in [2.75, 3.05) is 36.8 Å². The Morgan fingerprint density at radius 3 is 2.46 bits per heavy atom. The molecule has 0 radical (unpaired) electrons. The fraction of sp³-hybridized carbons (Fsp3) is 0.481. The molecule has 2 aromatic rings. The first-order valence-electron chi connectivity index (χ1n) is 12.5. The number of amides is 2. The van der Waals surface area contributed by atoms with Gasteiger partial charge in [-0.05, 0) is 48.8 Å². The second-order valence-electron chi connectivity index (χ2n) is 9.77. The Morgan fingerprint density at radius 2 is 1.74 bits per heavy atom. The van der Waals surface area contributed by atoms with Gasteiger partial charge in [0.05, 0.1) is 17.4 Å². The van der Waals surface area contributed by atoms with Gasteiger partial charge in [0.15, 0.2) is 12.2 Å². The predicted octanol–water partition coefficient (Wildman–Crippen LogP) is 1.93. The average molecular weight is 481 g/mol. The summed E-state index contributed by atoms with van der Waals surface area (Å²) in [6.45, 7) is 4.64. The maximum atomic E-state index is 13.0. The standard InChI is InChI=1S/C27H36N4O4/c1-18-17-30(23-11-6-5-10-21(23)28)15-13-20(18)16-29-26(34)24(32)25(33)27(35)31-14-7-12-22(31)19-8-3-2-4-9-19/h2-6,8-11,18,20,22,24-25,32-33H,7,12-17,28H2,1H3,(H,29,34)/t18-,20?,22-,24-,25-/m1/s1. The zero-order chi connectivity index (χ0) is 24.9. The summed E-state index contributed by atoms with van der Waals surface area (Å²) in [5.74, 6) is -0.811. The van der Waals surface area contributed by atoms with E-state index in [-0.39, 0.29) is 12.0 Å². The van der Waals surface area contributed by atoms with E-state index in [1.807, 2.05) is 54.6 Å². The van der Waals surface area contributed by atoms with Crippen molar-refractivity contribution < 1.29 is 19.8 Å². The molecule has 5 atom stereocenters. The topological polar surface area (TPSA) is 119 Å². The minimum atomic E-state index is -1.81. The first kappa shape index (κ1) is 25.0. The van der Waals surface area contributed by atoms with Gasteiger partial charge in [-0.15, -0.1) is 0 Å². The Bertz CT molecular complexity index is 1020. The molecule has 188 valence electrons. The summed E-state index contributed by atoms with van der Waals surface area (Å²) in [6, 6.07) is 17.3. The number of nitrogens with two attached hydrogens (primary N) is 1. The van der Waals surface area contributed by atoms with Crippen molar-refractivity contribution in [2.24, 2.45) is 11.8 Å². The predicted molar refractivity (Wildman–Crippen MR) is 135 cm³/mol. The SMILES string of the molecule is C[C@@H]1CN(c2ccccc2N)CCC1CNC(=O)[C@H](O)[C@@H](O)C(=O)N1CCC[C@@H]1c1ccccc1. The van der Waals surface area contributed by atoms with E-state index in [9.17, 15) is 19.8 Å². The Morgan fingerprint density at radius 1 is 1.03 bits per heavy atom. The highest BCUT2D eigenvalue weighted by Crippen LogP contribution is 2.33. The van der Waals surface area contributed by atoms with Crippen molar-refractivity contribution in [1.29, 1.82) is 0 Å². The second kappa shape index (κ2) is 11.1. The van der Waals surface area contributed by atoms with E-state index < -0.39 is 24.0 Å². The lowest BCUT2D eigenvalue weighted by Gasteiger charge is -2.39. The number of para-hydroxylation sites is 2. The number of hydrogen-bond donors (Lipinski definition) is 4. The summed E-state index contributed by atoms with van der Waals surface area (Å²) in [6.07, 6.45) is -1.14. The number of carbonyl (C=O) groups is 2. The van der Waals surface area contributed by atoms with Crippen LogP contribution in [0.15, 0.2) is 54.6 Å². The van der Waals surface area contributed by atoms with Crippen LogP contribution in [0.2, 0.25) is 0 Å². The monoisotopic (exact) mass is 480 g/mol. The smallest absolute Gasteiger partial charge is 0.255 e. The summed E-state index contributed by atoms with van der Waals surface area (Å²) in [7, 11) is 0. The lowest BCUT2D eigenvalue weighted by Crippen LogP contribution is -2.52. The summed E-state index contributed by atoms with van der Waals surface area (Å²) < 4.78 is 0. The van der Waals surface area contributed by atoms with Gasteiger partial charge in [0.1, 0.15) is 0 Å². The largest absolute Gasteiger partial charge is 0.397 e. The molecule has 2 saturated heterocycles. The van der Waals surface area contributed by atoms with Crippen LogP contribution in [0, 0.1) is 11.8 Å². The molecule has 0 bridgehead atoms. The fourth-order valence-electron chi connectivity index (χ4n) is 5.33. The third-order valence-corrected chi connectivity index (χ3v) is 7.44. The van der Waals surface area contributed by atoms with E-state index in [2.05, 4.69) is 17.1 Å². The fourth-order valence-corrected chi connectivity index (χ4v) is 5.33. The number of anilines is 2. The molecule has 0 saturated carbocycles. The second-order valence-corrected chi connectivity index (χ2v) is 9.77. The van der Waals surface area contributed by atoms with Gasteiger partial charge in [-0.2, -0.15) is 0 Å². The Balaban J connectivity index is 1.29. The number of nitrogens with one attached hydrogen (secondary N) is 1. The first-order chi connectivity index (χ1) is 16.9. The van der Waals surface area contributed by atoms with Crippen molar-refractivity contribution in [3.8, 4) is 0 Å². The Hall–Kier alpha value is -3.10. The van der Waals surface area contributed by atoms with Crippen LogP contribution in [-0.2, 0) is 9.59 Å². The van der Waals surface area contributed by atoms with E-state index in [1.54, 1.807) is 4.90 Å². The quantitative estimate of drug-likeness (QED) is 0.450. The molecule has 4 rings (SSSR count). The summed E-state index contributed by atoms with van der Waals surface area (Å²) in [5, 5.41) is 23.8. The number of nitrogens with zero attached hydrogens (tertiary/aromatic N) is 2. The number of nitrogen functional groups attached to an aromatic ring is 1. The zero-order valence-corrected chi connectivity index (χ0v) is 20.2. The Kier molecular flexibility index (Phi) is 7.93. The van der Waals surface area contributed by atoms with Crippen LogP contribution >= 0.6 is 0 Å². The van der Waals surface area contributed by atoms with E-state index in [0.29, 0.717) is 19.0 Å². The lowest BCUT2D eigenvalue weighted by molar-refractivity contribution is -0.153. The zero-order valence-electron chi connectivity index (χ0n) is 20.2. The molecular formula is C27H36N4O4. The van der Waals surface area contributed by atoms with E-state index in [1.165, 1.54) is 0 Å². The summed E-state index contributed by atoms with van der Waals surface area (Å²) >= 11 is 0. The highest BCUT2D eigenvalue weighted by Gasteiger charge is 2.38. The van der Waals surface area contributed by atoms with E-state index >= 15 is 0 Å². The van der Waals surface area contributed by atoms with Crippen LogP contribution in [0.25, 0.3) is 0 Å². The van der Waals surface area contributed by atoms with Crippen LogP contribution in [0.5, 0.6) is 0 Å². The van der Waals surface area contributed by atoms with Crippen molar-refractivity contribution in [1.82, 2.24) is 10.2 Å². The molecule has 2 heterocycles. The highest BCUT2D eigenvalue weighted by atomic mass is 16.3. The molecule has 8 heteroatoms. The van der Waals surface area contributed by atoms with Gasteiger partial charge >= 0.3 is 0 Å². The van der Waals surface area contributed by atoms with Crippen LogP contribution in [0.3, 0.4) is 0 Å². The summed E-state index contributed by atoms with van der Waals surface area (Å²) in [4.78, 5) is 29.4. The van der Waals surface area contributed by atoms with Gasteiger partial charge in [-0.3, -0.25) is 9.59 Å². The molecule has 1 unspecified atom stereocenters. The van der Waals surface area contributed by atoms with Crippen molar-refractivity contribution in [3.05, 3.63) is 60.2 Å². The summed E-state index contributed by atoms with van der Waals surface area (Å²) in [5.41, 5.74) is 8.88. The molecule has 2 fully saturated rings. The average Bonchev–Trinajstić information content (AvgIpc) is 3.37. The minimum Gasteiger partial charge on any atom is -0.397 e. The number of piperidine rings is 1. The van der Waals surface area contributed by atoms with Gasteiger partial charge in [-0.1, -0.05) is 49.4 Å². The number of aliphatic hydroxyl groups excluding tert-OH is 2. The minimum absolute atomic E-state index is 0.154. The molecule has 8 nitrogen and oxygen atoms in total. The molecule has 5 N–H and O–H groups in total. The molecule has 0 aliphatic carbocycles. The van der Waals surface area contributed by atoms with Crippen LogP contribution in [-0.4, -0.2) is 65.3 Å². The Labute approximate surface area is 206 Å². The number of likely N-dealkylation sites (tertiary alicyclic amines) is 1. The molecular weight excluding hydrogens is 444 g/mol. The normalized spacial score (nSPS) is 24.1. The number of benzene rings is 2. The number of aliphatic hydroxyl groups is 2. The van der Waals surface area contributed by atoms with Crippen molar-refractivity contribution in [3.63, 3.8) is 0 Å². The van der Waals surface area contributed by atoms with Gasteiger partial charge in [-0.25, -0.2) is 0 Å². The molecule has 0 spiro atoms. The van der Waals surface area contributed by atoms with Gasteiger partial charge in [0.25, 0.3) is 11.8 Å². The van der Waals surface area contributed by atoms with Crippen LogP contribution < -0.4 is 16.0 Å². The molecule has 2 aromatic carbocycles. The third kappa shape index (κ3) is 5.60. The van der Waals surface area contributed by atoms with Gasteiger partial charge < -0.3 is 31.1 Å². The number of carbonyl (C=O) groups excluding carboxylic acids is 2. The third-order valence-electron chi connectivity index (χ3n) is 7.44. The van der Waals surface area contributed by atoms with Crippen LogP contribution in [0.1, 0.15) is 37.8 Å².